The Hall–Kier alpha value is -1.69. The van der Waals surface area contributed by atoms with E-state index < -0.39 is 37.0 Å². The first-order chi connectivity index (χ1) is 10.5. The molecule has 9 nitrogen and oxygen atoms in total. The Labute approximate surface area is 134 Å². The number of carbonyl (C=O) groups is 1. The molecule has 0 spiro atoms. The number of hydrogen-bond acceptors (Lipinski definition) is 7. The molecule has 2 unspecified atom stereocenters. The lowest BCUT2D eigenvalue weighted by Crippen LogP contribution is -2.45. The fraction of sp³-hybridized carbons (Fsp3) is 0.417. The van der Waals surface area contributed by atoms with E-state index in [1.807, 2.05) is 0 Å². The lowest BCUT2D eigenvalue weighted by atomic mass is 10.2. The Balaban J connectivity index is 2.94. The van der Waals surface area contributed by atoms with Gasteiger partial charge in [0.25, 0.3) is 5.91 Å². The Morgan fingerprint density at radius 3 is 2.22 bits per heavy atom. The molecule has 1 aromatic rings. The van der Waals surface area contributed by atoms with Crippen LogP contribution in [-0.4, -0.2) is 38.1 Å². The highest BCUT2D eigenvalue weighted by Gasteiger charge is 2.34. The van der Waals surface area contributed by atoms with Gasteiger partial charge in [0.05, 0.1) is 0 Å². The summed E-state index contributed by atoms with van der Waals surface area (Å²) in [5, 5.41) is 0.900. The van der Waals surface area contributed by atoms with E-state index in [9.17, 15) is 21.6 Å². The van der Waals surface area contributed by atoms with E-state index in [4.69, 9.17) is 10.3 Å². The average molecular weight is 366 g/mol. The summed E-state index contributed by atoms with van der Waals surface area (Å²) in [5.74, 6) is -0.667. The van der Waals surface area contributed by atoms with Crippen molar-refractivity contribution in [3.05, 3.63) is 29.8 Å². The number of nitrogens with one attached hydrogen (secondary N) is 1. The summed E-state index contributed by atoms with van der Waals surface area (Å²) in [6, 6.07) is 5.80. The molecule has 130 valence electrons. The second kappa shape index (κ2) is 7.25. The largest absolute Gasteiger partial charge is 0.399 e. The first-order valence-electron chi connectivity index (χ1n) is 6.52. The smallest absolute Gasteiger partial charge is 0.398 e. The zero-order chi connectivity index (χ0) is 17.8. The van der Waals surface area contributed by atoms with E-state index in [0.717, 1.165) is 6.92 Å². The van der Waals surface area contributed by atoms with Crippen LogP contribution in [0.2, 0.25) is 0 Å². The number of benzene rings is 1. The maximum atomic E-state index is 12.2. The number of sulfone groups is 1. The molecule has 23 heavy (non-hydrogen) atoms. The summed E-state index contributed by atoms with van der Waals surface area (Å²) < 4.78 is 58.4. The van der Waals surface area contributed by atoms with Gasteiger partial charge in [-0.1, -0.05) is 6.92 Å². The normalized spacial score (nSPS) is 14.9. The molecule has 4 N–H and O–H groups in total. The zero-order valence-corrected chi connectivity index (χ0v) is 14.1. The third-order valence-electron chi connectivity index (χ3n) is 2.95. The highest BCUT2D eigenvalue weighted by atomic mass is 32.3. The summed E-state index contributed by atoms with van der Waals surface area (Å²) >= 11 is 0. The Morgan fingerprint density at radius 1 is 1.26 bits per heavy atom. The van der Waals surface area contributed by atoms with Crippen LogP contribution < -0.4 is 11.1 Å². The molecular weight excluding hydrogens is 348 g/mol. The third kappa shape index (κ3) is 5.46. The van der Waals surface area contributed by atoms with Gasteiger partial charge in [0.2, 0.25) is 0 Å². The molecule has 0 heterocycles. The van der Waals surface area contributed by atoms with Gasteiger partial charge in [0.1, 0.15) is 5.37 Å². The number of carbonyl (C=O) groups excluding carboxylic acids is 1. The second-order valence-corrected chi connectivity index (χ2v) is 8.13. The van der Waals surface area contributed by atoms with E-state index in [1.54, 1.807) is 0 Å². The standard InChI is InChI=1S/C12H18N2O7S2/c1-3-11(22(16,17)8(2)21-23(18,19)20)14-12(15)9-4-6-10(13)7-5-9/h4-8,11H,3,13H2,1-2H3,(H,14,15)(H,18,19,20). The lowest BCUT2D eigenvalue weighted by Gasteiger charge is -2.21. The van der Waals surface area contributed by atoms with Crippen molar-refractivity contribution < 1.29 is 30.4 Å². The summed E-state index contributed by atoms with van der Waals surface area (Å²) in [4.78, 5) is 12.1. The minimum Gasteiger partial charge on any atom is -0.399 e. The van der Waals surface area contributed by atoms with Crippen molar-refractivity contribution in [1.82, 2.24) is 5.32 Å². The molecule has 2 atom stereocenters. The molecule has 0 aliphatic heterocycles. The third-order valence-corrected chi connectivity index (χ3v) is 5.87. The number of anilines is 1. The van der Waals surface area contributed by atoms with Gasteiger partial charge in [-0.3, -0.25) is 9.35 Å². The van der Waals surface area contributed by atoms with Crippen molar-refractivity contribution in [2.24, 2.45) is 0 Å². The number of nitrogen functional groups attached to an aromatic ring is 1. The molecule has 0 aromatic heterocycles. The number of rotatable bonds is 7. The quantitative estimate of drug-likeness (QED) is 0.460. The van der Waals surface area contributed by atoms with Crippen LogP contribution >= 0.6 is 0 Å². The van der Waals surface area contributed by atoms with E-state index in [-0.39, 0.29) is 12.0 Å². The summed E-state index contributed by atoms with van der Waals surface area (Å²) in [5.41, 5.74) is 4.28. The molecule has 0 saturated carbocycles. The van der Waals surface area contributed by atoms with Gasteiger partial charge in [-0.15, -0.1) is 0 Å². The molecule has 0 saturated heterocycles. The molecule has 0 radical (unpaired) electrons. The van der Waals surface area contributed by atoms with Crippen molar-refractivity contribution in [2.45, 2.75) is 31.1 Å². The Morgan fingerprint density at radius 2 is 1.78 bits per heavy atom. The molecular formula is C12H18N2O7S2. The first-order valence-corrected chi connectivity index (χ1v) is 9.49. The topological polar surface area (TPSA) is 153 Å². The maximum absolute atomic E-state index is 12.2. The summed E-state index contributed by atoms with van der Waals surface area (Å²) in [6.07, 6.45) is -0.0256. The van der Waals surface area contributed by atoms with Crippen LogP contribution in [0.25, 0.3) is 0 Å². The fourth-order valence-corrected chi connectivity index (χ4v) is 4.01. The molecule has 0 aliphatic rings. The SMILES string of the molecule is CCC(NC(=O)c1ccc(N)cc1)S(=O)(=O)C(C)OS(=O)(=O)O. The van der Waals surface area contributed by atoms with Gasteiger partial charge in [0, 0.05) is 11.3 Å². The van der Waals surface area contributed by atoms with E-state index in [2.05, 4.69) is 9.50 Å². The Kier molecular flexibility index (Phi) is 6.11. The number of hydrogen-bond donors (Lipinski definition) is 3. The number of nitrogens with two attached hydrogens (primary N) is 1. The van der Waals surface area contributed by atoms with Crippen LogP contribution in [0.5, 0.6) is 0 Å². The molecule has 0 aliphatic carbocycles. The number of amides is 1. The lowest BCUT2D eigenvalue weighted by molar-refractivity contribution is 0.0947. The van der Waals surface area contributed by atoms with Crippen molar-refractivity contribution in [3.8, 4) is 0 Å². The van der Waals surface area contributed by atoms with Gasteiger partial charge in [0.15, 0.2) is 15.3 Å². The molecule has 11 heteroatoms. The predicted octanol–water partition coefficient (Wildman–Crippen LogP) is 0.315. The summed E-state index contributed by atoms with van der Waals surface area (Å²) in [7, 11) is -9.15. The molecule has 0 bridgehead atoms. The van der Waals surface area contributed by atoms with Gasteiger partial charge in [-0.25, -0.2) is 12.6 Å². The average Bonchev–Trinajstić information content (AvgIpc) is 2.43. The van der Waals surface area contributed by atoms with Crippen LogP contribution in [0, 0.1) is 0 Å². The summed E-state index contributed by atoms with van der Waals surface area (Å²) in [6.45, 7) is 2.44. The van der Waals surface area contributed by atoms with Gasteiger partial charge < -0.3 is 11.1 Å². The zero-order valence-electron chi connectivity index (χ0n) is 12.5. The van der Waals surface area contributed by atoms with Crippen LogP contribution in [0.3, 0.4) is 0 Å². The van der Waals surface area contributed by atoms with Crippen LogP contribution in [0.1, 0.15) is 30.6 Å². The van der Waals surface area contributed by atoms with Crippen LogP contribution in [-0.2, 0) is 24.4 Å². The van der Waals surface area contributed by atoms with Crippen molar-refractivity contribution in [2.75, 3.05) is 5.73 Å². The van der Waals surface area contributed by atoms with Gasteiger partial charge in [-0.2, -0.15) is 8.42 Å². The highest BCUT2D eigenvalue weighted by Crippen LogP contribution is 2.15. The van der Waals surface area contributed by atoms with Gasteiger partial charge >= 0.3 is 10.4 Å². The van der Waals surface area contributed by atoms with Crippen molar-refractivity contribution in [1.29, 1.82) is 0 Å². The van der Waals surface area contributed by atoms with E-state index >= 15 is 0 Å². The van der Waals surface area contributed by atoms with Crippen LogP contribution in [0.4, 0.5) is 5.69 Å². The van der Waals surface area contributed by atoms with Crippen molar-refractivity contribution in [3.63, 3.8) is 0 Å². The minimum atomic E-state index is -4.94. The molecule has 1 amide bonds. The Bertz CT molecular complexity index is 757. The molecule has 0 fully saturated rings. The first kappa shape index (κ1) is 19.4. The van der Waals surface area contributed by atoms with E-state index in [0.29, 0.717) is 5.69 Å². The minimum absolute atomic E-state index is 0.0256. The van der Waals surface area contributed by atoms with Crippen molar-refractivity contribution >= 4 is 31.8 Å². The predicted molar refractivity (Wildman–Crippen MR) is 83.4 cm³/mol. The maximum Gasteiger partial charge on any atom is 0.398 e. The van der Waals surface area contributed by atoms with Gasteiger partial charge in [-0.05, 0) is 37.6 Å². The monoisotopic (exact) mass is 366 g/mol. The molecule has 1 rings (SSSR count). The fourth-order valence-electron chi connectivity index (χ4n) is 1.74. The van der Waals surface area contributed by atoms with E-state index in [1.165, 1.54) is 31.2 Å². The second-order valence-electron chi connectivity index (χ2n) is 4.67. The molecule has 1 aromatic carbocycles. The highest BCUT2D eigenvalue weighted by molar-refractivity contribution is 7.93. The van der Waals surface area contributed by atoms with Crippen LogP contribution in [0.15, 0.2) is 24.3 Å².